The second kappa shape index (κ2) is 7.76. The van der Waals surface area contributed by atoms with Crippen LogP contribution in [0.15, 0.2) is 58.6 Å². The molecule has 0 aliphatic carbocycles. The van der Waals surface area contributed by atoms with Crippen LogP contribution in [0.1, 0.15) is 5.56 Å². The van der Waals surface area contributed by atoms with Crippen molar-refractivity contribution in [3.05, 3.63) is 58.9 Å². The van der Waals surface area contributed by atoms with E-state index in [1.165, 1.54) is 0 Å². The maximum Gasteiger partial charge on any atom is 0.261 e. The summed E-state index contributed by atoms with van der Waals surface area (Å²) >= 11 is 1.56. The summed E-state index contributed by atoms with van der Waals surface area (Å²) in [5.41, 5.74) is 4.45. The molecule has 1 aromatic heterocycles. The van der Waals surface area contributed by atoms with Gasteiger partial charge in [0.25, 0.3) is 5.91 Å². The molecule has 0 aliphatic rings. The van der Waals surface area contributed by atoms with Gasteiger partial charge in [-0.2, -0.15) is 5.10 Å². The van der Waals surface area contributed by atoms with Gasteiger partial charge in [-0.3, -0.25) is 4.79 Å². The standard InChI is InChI=1S/C18H18N4O2S/c1-22-15-5-3-4-6-16(15)25-18(22)19-12-17(23)21-20-11-13-7-9-14(24-2)10-8-13/h3-11H,12H2,1-2H3,(H,21,23). The number of amides is 1. The molecule has 1 amide bonds. The van der Waals surface area contributed by atoms with Crippen LogP contribution >= 0.6 is 11.3 Å². The monoisotopic (exact) mass is 354 g/mol. The molecular weight excluding hydrogens is 336 g/mol. The number of methoxy groups -OCH3 is 1. The normalized spacial score (nSPS) is 12.0. The van der Waals surface area contributed by atoms with Crippen molar-refractivity contribution in [2.24, 2.45) is 17.1 Å². The van der Waals surface area contributed by atoms with E-state index in [4.69, 9.17) is 4.74 Å². The minimum atomic E-state index is -0.262. The number of hydrazone groups is 1. The first-order chi connectivity index (χ1) is 12.2. The number of rotatable bonds is 5. The fourth-order valence-corrected chi connectivity index (χ4v) is 3.29. The number of para-hydroxylation sites is 1. The van der Waals surface area contributed by atoms with E-state index in [2.05, 4.69) is 15.5 Å². The van der Waals surface area contributed by atoms with Crippen LogP contribution in [-0.4, -0.2) is 30.3 Å². The SMILES string of the molecule is COc1ccc(C=NNC(=O)CN=c2sc3ccccc3n2C)cc1. The molecule has 2 aromatic carbocycles. The maximum absolute atomic E-state index is 11.9. The van der Waals surface area contributed by atoms with Gasteiger partial charge < -0.3 is 9.30 Å². The van der Waals surface area contributed by atoms with Gasteiger partial charge in [0.15, 0.2) is 4.80 Å². The Balaban J connectivity index is 1.61. The number of ether oxygens (including phenoxy) is 1. The van der Waals surface area contributed by atoms with Gasteiger partial charge in [0.2, 0.25) is 0 Å². The van der Waals surface area contributed by atoms with E-state index in [0.29, 0.717) is 0 Å². The quantitative estimate of drug-likeness (QED) is 0.564. The van der Waals surface area contributed by atoms with E-state index in [1.54, 1.807) is 24.7 Å². The zero-order chi connectivity index (χ0) is 17.6. The molecule has 6 nitrogen and oxygen atoms in total. The summed E-state index contributed by atoms with van der Waals surface area (Å²) in [5.74, 6) is 0.512. The molecule has 3 aromatic rings. The average molecular weight is 354 g/mol. The highest BCUT2D eigenvalue weighted by molar-refractivity contribution is 7.16. The number of nitrogens with one attached hydrogen (secondary N) is 1. The lowest BCUT2D eigenvalue weighted by atomic mass is 10.2. The van der Waals surface area contributed by atoms with Gasteiger partial charge in [-0.25, -0.2) is 10.4 Å². The summed E-state index contributed by atoms with van der Waals surface area (Å²) in [6, 6.07) is 15.4. The lowest BCUT2D eigenvalue weighted by Crippen LogP contribution is -2.22. The number of carbonyl (C=O) groups excluding carboxylic acids is 1. The number of thiazole rings is 1. The Morgan fingerprint density at radius 3 is 2.72 bits per heavy atom. The predicted octanol–water partition coefficient (Wildman–Crippen LogP) is 2.30. The Morgan fingerprint density at radius 2 is 2.00 bits per heavy atom. The second-order valence-electron chi connectivity index (χ2n) is 5.29. The molecule has 0 spiro atoms. The molecule has 1 N–H and O–H groups in total. The van der Waals surface area contributed by atoms with E-state index < -0.39 is 0 Å². The van der Waals surface area contributed by atoms with Crippen molar-refractivity contribution < 1.29 is 9.53 Å². The molecule has 128 valence electrons. The summed E-state index contributed by atoms with van der Waals surface area (Å²) in [5, 5.41) is 3.95. The predicted molar refractivity (Wildman–Crippen MR) is 100.0 cm³/mol. The smallest absolute Gasteiger partial charge is 0.261 e. The van der Waals surface area contributed by atoms with Gasteiger partial charge in [-0.1, -0.05) is 23.5 Å². The highest BCUT2D eigenvalue weighted by atomic mass is 32.1. The minimum absolute atomic E-state index is 0.0284. The van der Waals surface area contributed by atoms with Crippen LogP contribution in [0.4, 0.5) is 0 Å². The van der Waals surface area contributed by atoms with Crippen LogP contribution in [0.2, 0.25) is 0 Å². The van der Waals surface area contributed by atoms with Crippen molar-refractivity contribution in [2.45, 2.75) is 0 Å². The van der Waals surface area contributed by atoms with E-state index in [0.717, 1.165) is 26.3 Å². The molecule has 25 heavy (non-hydrogen) atoms. The van der Waals surface area contributed by atoms with Crippen LogP contribution in [0, 0.1) is 0 Å². The molecular formula is C18H18N4O2S. The van der Waals surface area contributed by atoms with Crippen molar-refractivity contribution in [2.75, 3.05) is 13.7 Å². The second-order valence-corrected chi connectivity index (χ2v) is 6.30. The van der Waals surface area contributed by atoms with Crippen molar-refractivity contribution in [1.82, 2.24) is 9.99 Å². The summed E-state index contributed by atoms with van der Waals surface area (Å²) in [4.78, 5) is 17.1. The Morgan fingerprint density at radius 1 is 1.24 bits per heavy atom. The molecule has 0 radical (unpaired) electrons. The summed E-state index contributed by atoms with van der Waals surface area (Å²) < 4.78 is 8.21. The van der Waals surface area contributed by atoms with Crippen LogP contribution in [0.25, 0.3) is 10.2 Å². The minimum Gasteiger partial charge on any atom is -0.497 e. The van der Waals surface area contributed by atoms with E-state index in [1.807, 2.05) is 60.1 Å². The number of carbonyl (C=O) groups is 1. The van der Waals surface area contributed by atoms with Crippen LogP contribution < -0.4 is 15.0 Å². The fraction of sp³-hybridized carbons (Fsp3) is 0.167. The van der Waals surface area contributed by atoms with Crippen molar-refractivity contribution in [3.8, 4) is 5.75 Å². The largest absolute Gasteiger partial charge is 0.497 e. The average Bonchev–Trinajstić information content (AvgIpc) is 2.97. The zero-order valence-electron chi connectivity index (χ0n) is 14.0. The third-order valence-electron chi connectivity index (χ3n) is 3.59. The number of hydrogen-bond acceptors (Lipinski definition) is 5. The summed E-state index contributed by atoms with van der Waals surface area (Å²) in [6.45, 7) is 0.0284. The van der Waals surface area contributed by atoms with Gasteiger partial charge >= 0.3 is 0 Å². The van der Waals surface area contributed by atoms with E-state index >= 15 is 0 Å². The molecule has 3 rings (SSSR count). The number of aromatic nitrogens is 1. The Hall–Kier alpha value is -2.93. The lowest BCUT2D eigenvalue weighted by Gasteiger charge is -1.99. The fourth-order valence-electron chi connectivity index (χ4n) is 2.27. The van der Waals surface area contributed by atoms with Crippen molar-refractivity contribution in [3.63, 3.8) is 0 Å². The number of benzene rings is 2. The van der Waals surface area contributed by atoms with Gasteiger partial charge in [-0.05, 0) is 42.0 Å². The van der Waals surface area contributed by atoms with Gasteiger partial charge in [-0.15, -0.1) is 0 Å². The first-order valence-electron chi connectivity index (χ1n) is 7.68. The molecule has 0 saturated carbocycles. The number of fused-ring (bicyclic) bond motifs is 1. The summed E-state index contributed by atoms with van der Waals surface area (Å²) in [6.07, 6.45) is 1.58. The van der Waals surface area contributed by atoms with E-state index in [9.17, 15) is 4.79 Å². The van der Waals surface area contributed by atoms with Crippen molar-refractivity contribution >= 4 is 33.7 Å². The molecule has 0 atom stereocenters. The highest BCUT2D eigenvalue weighted by Crippen LogP contribution is 2.15. The molecule has 7 heteroatoms. The Bertz CT molecular complexity index is 971. The lowest BCUT2D eigenvalue weighted by molar-refractivity contribution is -0.119. The topological polar surface area (TPSA) is 68.0 Å². The molecule has 1 heterocycles. The van der Waals surface area contributed by atoms with Crippen LogP contribution in [0.5, 0.6) is 5.75 Å². The molecule has 0 fully saturated rings. The molecule has 0 aliphatic heterocycles. The number of nitrogens with zero attached hydrogens (tertiary/aromatic N) is 3. The summed E-state index contributed by atoms with van der Waals surface area (Å²) in [7, 11) is 3.56. The zero-order valence-corrected chi connectivity index (χ0v) is 14.8. The van der Waals surface area contributed by atoms with Crippen LogP contribution in [-0.2, 0) is 11.8 Å². The van der Waals surface area contributed by atoms with E-state index in [-0.39, 0.29) is 12.5 Å². The van der Waals surface area contributed by atoms with Gasteiger partial charge in [0.1, 0.15) is 12.3 Å². The van der Waals surface area contributed by atoms with Crippen LogP contribution in [0.3, 0.4) is 0 Å². The molecule has 0 saturated heterocycles. The number of hydrogen-bond donors (Lipinski definition) is 1. The number of aryl methyl sites for hydroxylation is 1. The van der Waals surface area contributed by atoms with Gasteiger partial charge in [0, 0.05) is 7.05 Å². The first kappa shape index (κ1) is 16.9. The molecule has 0 unspecified atom stereocenters. The van der Waals surface area contributed by atoms with Gasteiger partial charge in [0.05, 0.1) is 23.5 Å². The van der Waals surface area contributed by atoms with Crippen molar-refractivity contribution in [1.29, 1.82) is 0 Å². The first-order valence-corrected chi connectivity index (χ1v) is 8.50. The highest BCUT2D eigenvalue weighted by Gasteiger charge is 2.02. The third-order valence-corrected chi connectivity index (χ3v) is 4.74. The Kier molecular flexibility index (Phi) is 5.25. The Labute approximate surface area is 149 Å². The molecule has 0 bridgehead atoms. The maximum atomic E-state index is 11.9. The third kappa shape index (κ3) is 4.13.